The predicted molar refractivity (Wildman–Crippen MR) is 106 cm³/mol. The molecule has 0 aromatic heterocycles. The first kappa shape index (κ1) is 18.0. The van der Waals surface area contributed by atoms with Gasteiger partial charge in [0, 0.05) is 43.0 Å². The van der Waals surface area contributed by atoms with Crippen LogP contribution in [0.25, 0.3) is 0 Å². The van der Waals surface area contributed by atoms with Gasteiger partial charge in [0.2, 0.25) is 0 Å². The van der Waals surface area contributed by atoms with Gasteiger partial charge in [-0.25, -0.2) is 0 Å². The van der Waals surface area contributed by atoms with Gasteiger partial charge >= 0.3 is 0 Å². The summed E-state index contributed by atoms with van der Waals surface area (Å²) in [4.78, 5) is 2.57. The molecule has 2 N–H and O–H groups in total. The molecule has 3 heterocycles. The van der Waals surface area contributed by atoms with E-state index in [0.29, 0.717) is 17.1 Å². The number of hydrogen-bond acceptors (Lipinski definition) is 4. The van der Waals surface area contributed by atoms with Crippen LogP contribution in [0.1, 0.15) is 12.8 Å². The Labute approximate surface area is 155 Å². The van der Waals surface area contributed by atoms with E-state index < -0.39 is 0 Å². The molecule has 1 aromatic rings. The number of nitrogens with one attached hydrogen (secondary N) is 2. The van der Waals surface area contributed by atoms with E-state index in [0.717, 1.165) is 36.2 Å². The number of thiocarbonyl (C=S) groups is 1. The van der Waals surface area contributed by atoms with Crippen molar-refractivity contribution in [2.45, 2.75) is 18.9 Å². The quantitative estimate of drug-likeness (QED) is 0.600. The van der Waals surface area contributed by atoms with E-state index in [1.165, 1.54) is 19.4 Å². The van der Waals surface area contributed by atoms with Crippen LogP contribution >= 0.6 is 12.2 Å². The van der Waals surface area contributed by atoms with Crippen molar-refractivity contribution in [2.24, 2.45) is 11.8 Å². The molecular weight excluding hydrogens is 334 g/mol. The first-order valence-electron chi connectivity index (χ1n) is 8.77. The molecular formula is C19H27N3O2S. The first-order valence-corrected chi connectivity index (χ1v) is 9.18. The van der Waals surface area contributed by atoms with Gasteiger partial charge in [0.15, 0.2) is 5.11 Å². The lowest BCUT2D eigenvalue weighted by Crippen LogP contribution is -2.56. The molecule has 4 unspecified atom stereocenters. The summed E-state index contributed by atoms with van der Waals surface area (Å²) in [7, 11) is 3.27. The van der Waals surface area contributed by atoms with Crippen molar-refractivity contribution in [2.75, 3.05) is 39.2 Å². The van der Waals surface area contributed by atoms with Crippen LogP contribution in [-0.2, 0) is 0 Å². The normalized spacial score (nSPS) is 27.4. The Morgan fingerprint density at radius 2 is 2.04 bits per heavy atom. The van der Waals surface area contributed by atoms with Crippen LogP contribution in [-0.4, -0.2) is 49.9 Å². The summed E-state index contributed by atoms with van der Waals surface area (Å²) in [6, 6.07) is 6.19. The summed E-state index contributed by atoms with van der Waals surface area (Å²) in [5, 5.41) is 7.21. The topological polar surface area (TPSA) is 45.8 Å². The van der Waals surface area contributed by atoms with Gasteiger partial charge in [-0.15, -0.1) is 6.58 Å². The molecule has 1 aromatic carbocycles. The van der Waals surface area contributed by atoms with Crippen molar-refractivity contribution in [1.82, 2.24) is 10.2 Å². The van der Waals surface area contributed by atoms with Crippen LogP contribution in [0.4, 0.5) is 5.69 Å². The Morgan fingerprint density at radius 1 is 1.32 bits per heavy atom. The third kappa shape index (κ3) is 4.25. The number of methoxy groups -OCH3 is 2. The SMILES string of the molecule is C=CC1CN2CCC1CC2CNC(=S)Nc1cc(OC)cc(OC)c1. The molecule has 0 spiro atoms. The van der Waals surface area contributed by atoms with Crippen molar-refractivity contribution in [3.63, 3.8) is 0 Å². The average molecular weight is 362 g/mol. The first-order chi connectivity index (χ1) is 12.1. The molecule has 0 saturated carbocycles. The largest absolute Gasteiger partial charge is 0.497 e. The van der Waals surface area contributed by atoms with Crippen molar-refractivity contribution in [1.29, 1.82) is 0 Å². The number of piperidine rings is 3. The highest BCUT2D eigenvalue weighted by molar-refractivity contribution is 7.80. The monoisotopic (exact) mass is 361 g/mol. The molecule has 136 valence electrons. The summed E-state index contributed by atoms with van der Waals surface area (Å²) in [6.45, 7) is 7.17. The minimum atomic E-state index is 0.551. The summed E-state index contributed by atoms with van der Waals surface area (Å²) < 4.78 is 10.6. The maximum Gasteiger partial charge on any atom is 0.170 e. The fraction of sp³-hybridized carbons (Fsp3) is 0.526. The van der Waals surface area contributed by atoms with Crippen molar-refractivity contribution in [3.8, 4) is 11.5 Å². The van der Waals surface area contributed by atoms with E-state index in [-0.39, 0.29) is 0 Å². The second kappa shape index (κ2) is 8.06. The van der Waals surface area contributed by atoms with E-state index in [9.17, 15) is 0 Å². The third-order valence-electron chi connectivity index (χ3n) is 5.34. The number of fused-ring (bicyclic) bond motifs is 3. The van der Waals surface area contributed by atoms with Gasteiger partial charge in [-0.05, 0) is 43.4 Å². The number of anilines is 1. The Hall–Kier alpha value is -1.79. The minimum absolute atomic E-state index is 0.551. The molecule has 3 aliphatic rings. The molecule has 3 saturated heterocycles. The molecule has 2 bridgehead atoms. The van der Waals surface area contributed by atoms with Gasteiger partial charge in [0.05, 0.1) is 14.2 Å². The maximum absolute atomic E-state index is 5.46. The van der Waals surface area contributed by atoms with Crippen LogP contribution in [0.2, 0.25) is 0 Å². The molecule has 4 rings (SSSR count). The number of hydrogen-bond donors (Lipinski definition) is 2. The lowest BCUT2D eigenvalue weighted by atomic mass is 9.76. The highest BCUT2D eigenvalue weighted by atomic mass is 32.1. The fourth-order valence-corrected chi connectivity index (χ4v) is 4.13. The summed E-state index contributed by atoms with van der Waals surface area (Å²) in [5.41, 5.74) is 0.853. The lowest BCUT2D eigenvalue weighted by molar-refractivity contribution is 0.0215. The third-order valence-corrected chi connectivity index (χ3v) is 5.59. The Morgan fingerprint density at radius 3 is 2.60 bits per heavy atom. The average Bonchev–Trinajstić information content (AvgIpc) is 2.66. The van der Waals surface area contributed by atoms with Gasteiger partial charge in [0.25, 0.3) is 0 Å². The van der Waals surface area contributed by atoms with Gasteiger partial charge in [-0.2, -0.15) is 0 Å². The Balaban J connectivity index is 1.53. The zero-order valence-electron chi connectivity index (χ0n) is 15.0. The molecule has 0 aliphatic carbocycles. The predicted octanol–water partition coefficient (Wildman–Crippen LogP) is 2.89. The number of ether oxygens (including phenoxy) is 2. The van der Waals surface area contributed by atoms with Gasteiger partial charge in [0.1, 0.15) is 11.5 Å². The Kier molecular flexibility index (Phi) is 5.81. The maximum atomic E-state index is 5.46. The molecule has 0 amide bonds. The van der Waals surface area contributed by atoms with Crippen LogP contribution in [0.15, 0.2) is 30.9 Å². The van der Waals surface area contributed by atoms with Gasteiger partial charge in [-0.1, -0.05) is 6.08 Å². The van der Waals surface area contributed by atoms with E-state index in [1.807, 2.05) is 18.2 Å². The number of benzene rings is 1. The van der Waals surface area contributed by atoms with E-state index in [1.54, 1.807) is 14.2 Å². The van der Waals surface area contributed by atoms with Crippen LogP contribution in [0.5, 0.6) is 11.5 Å². The minimum Gasteiger partial charge on any atom is -0.497 e. The van der Waals surface area contributed by atoms with Crippen molar-refractivity contribution < 1.29 is 9.47 Å². The van der Waals surface area contributed by atoms with E-state index >= 15 is 0 Å². The second-order valence-corrected chi connectivity index (χ2v) is 7.18. The zero-order valence-corrected chi connectivity index (χ0v) is 15.8. The lowest BCUT2D eigenvalue weighted by Gasteiger charge is -2.49. The highest BCUT2D eigenvalue weighted by Crippen LogP contribution is 2.36. The summed E-state index contributed by atoms with van der Waals surface area (Å²) >= 11 is 5.46. The molecule has 5 nitrogen and oxygen atoms in total. The molecule has 6 heteroatoms. The standard InChI is InChI=1S/C19H27N3O2S/c1-4-13-12-22-6-5-14(13)7-16(22)11-20-19(25)21-15-8-17(23-2)10-18(9-15)24-3/h4,8-10,13-14,16H,1,5-7,11-12H2,2-3H3,(H2,20,21,25). The number of rotatable bonds is 6. The van der Waals surface area contributed by atoms with Crippen LogP contribution in [0, 0.1) is 11.8 Å². The van der Waals surface area contributed by atoms with Gasteiger partial charge in [-0.3, -0.25) is 4.90 Å². The fourth-order valence-electron chi connectivity index (χ4n) is 3.92. The molecule has 3 fully saturated rings. The molecule has 4 atom stereocenters. The number of nitrogens with zero attached hydrogens (tertiary/aromatic N) is 1. The van der Waals surface area contributed by atoms with Crippen molar-refractivity contribution in [3.05, 3.63) is 30.9 Å². The second-order valence-electron chi connectivity index (χ2n) is 6.77. The summed E-state index contributed by atoms with van der Waals surface area (Å²) in [5.74, 6) is 2.89. The Bertz CT molecular complexity index is 615. The van der Waals surface area contributed by atoms with Crippen LogP contribution < -0.4 is 20.1 Å². The van der Waals surface area contributed by atoms with Crippen LogP contribution in [0.3, 0.4) is 0 Å². The highest BCUT2D eigenvalue weighted by Gasteiger charge is 2.38. The molecule has 25 heavy (non-hydrogen) atoms. The van der Waals surface area contributed by atoms with E-state index in [4.69, 9.17) is 21.7 Å². The molecule has 0 radical (unpaired) electrons. The molecule has 3 aliphatic heterocycles. The smallest absolute Gasteiger partial charge is 0.170 e. The van der Waals surface area contributed by atoms with Crippen molar-refractivity contribution >= 4 is 23.0 Å². The van der Waals surface area contributed by atoms with Gasteiger partial charge < -0.3 is 20.1 Å². The van der Waals surface area contributed by atoms with E-state index in [2.05, 4.69) is 28.2 Å². The summed E-state index contributed by atoms with van der Waals surface area (Å²) in [6.07, 6.45) is 4.64. The zero-order chi connectivity index (χ0) is 17.8.